The minimum atomic E-state index is -3.47. The molecule has 1 aliphatic heterocycles. The Morgan fingerprint density at radius 3 is 2.51 bits per heavy atom. The molecule has 2 aromatic carbocycles. The predicted molar refractivity (Wildman–Crippen MR) is 153 cm³/mol. The second-order valence-electron chi connectivity index (χ2n) is 10.1. The van der Waals surface area contributed by atoms with Crippen LogP contribution in [0.25, 0.3) is 11.0 Å². The fourth-order valence-corrected chi connectivity index (χ4v) is 6.23. The number of halogens is 1. The number of benzene rings is 2. The van der Waals surface area contributed by atoms with Gasteiger partial charge in [0.05, 0.1) is 28.7 Å². The molecule has 6 rings (SSSR count). The number of para-hydroxylation sites is 2. The number of sulfonamides is 1. The van der Waals surface area contributed by atoms with Crippen molar-refractivity contribution in [3.05, 3.63) is 60.5 Å². The highest BCUT2D eigenvalue weighted by Crippen LogP contribution is 2.39. The highest BCUT2D eigenvalue weighted by Gasteiger charge is 2.36. The molecule has 204 valence electrons. The monoisotopic (exact) mass is 550 g/mol. The number of piperazine rings is 1. The minimum Gasteiger partial charge on any atom is -0.367 e. The van der Waals surface area contributed by atoms with Crippen LogP contribution in [0.3, 0.4) is 0 Å². The van der Waals surface area contributed by atoms with E-state index < -0.39 is 10.0 Å². The van der Waals surface area contributed by atoms with Gasteiger partial charge in [-0.05, 0) is 56.3 Å². The highest BCUT2D eigenvalue weighted by atomic mass is 32.2. The molecule has 2 aromatic heterocycles. The van der Waals surface area contributed by atoms with Gasteiger partial charge in [0.15, 0.2) is 0 Å². The Morgan fingerprint density at radius 2 is 1.79 bits per heavy atom. The standard InChI is InChI=1S/C27H31FN8O2S/c1-34-13-15-35(16-14-34)23-10-7-18(17-21(23)28)30-27-32-25-20(11-12-29-25)26(33-27)31-22-5-3-4-6-24(22)36(19-8-9-19)39(2,37)38/h3-7,10-12,17,19H,8-9,13-16H2,1-2H3,(H3,29,30,31,32,33). The molecule has 2 aliphatic rings. The smallest absolute Gasteiger partial charge is 0.232 e. The van der Waals surface area contributed by atoms with E-state index in [2.05, 4.69) is 42.4 Å². The summed E-state index contributed by atoms with van der Waals surface area (Å²) in [4.78, 5) is 16.6. The van der Waals surface area contributed by atoms with Gasteiger partial charge in [-0.2, -0.15) is 9.97 Å². The van der Waals surface area contributed by atoms with E-state index in [9.17, 15) is 8.42 Å². The molecule has 4 aromatic rings. The van der Waals surface area contributed by atoms with Crippen molar-refractivity contribution in [3.63, 3.8) is 0 Å². The molecule has 0 radical (unpaired) electrons. The summed E-state index contributed by atoms with van der Waals surface area (Å²) in [7, 11) is -1.40. The molecule has 12 heteroatoms. The molecule has 0 atom stereocenters. The van der Waals surface area contributed by atoms with Gasteiger partial charge in [0.2, 0.25) is 16.0 Å². The Kier molecular flexibility index (Phi) is 6.51. The fraction of sp³-hybridized carbons (Fsp3) is 0.333. The zero-order chi connectivity index (χ0) is 27.1. The zero-order valence-corrected chi connectivity index (χ0v) is 22.7. The maximum Gasteiger partial charge on any atom is 0.232 e. The van der Waals surface area contributed by atoms with Gasteiger partial charge in [-0.1, -0.05) is 12.1 Å². The van der Waals surface area contributed by atoms with Crippen LogP contribution in [0.4, 0.5) is 38.9 Å². The number of hydrogen-bond acceptors (Lipinski definition) is 8. The number of anilines is 6. The lowest BCUT2D eigenvalue weighted by molar-refractivity contribution is 0.311. The lowest BCUT2D eigenvalue weighted by Gasteiger charge is -2.34. The van der Waals surface area contributed by atoms with Crippen LogP contribution < -0.4 is 19.8 Å². The van der Waals surface area contributed by atoms with Crippen molar-refractivity contribution in [2.45, 2.75) is 18.9 Å². The van der Waals surface area contributed by atoms with Crippen LogP contribution in [-0.2, 0) is 10.0 Å². The van der Waals surface area contributed by atoms with Crippen molar-refractivity contribution in [1.29, 1.82) is 0 Å². The average molecular weight is 551 g/mol. The van der Waals surface area contributed by atoms with Gasteiger partial charge in [0.1, 0.15) is 17.3 Å². The van der Waals surface area contributed by atoms with Crippen LogP contribution in [0.5, 0.6) is 0 Å². The SMILES string of the molecule is CN1CCN(c2ccc(Nc3nc(Nc4ccccc4N(C4CC4)S(C)(=O)=O)c4cc[nH]c4n3)cc2F)CC1. The van der Waals surface area contributed by atoms with E-state index in [0.717, 1.165) is 44.4 Å². The molecule has 1 saturated heterocycles. The normalized spacial score (nSPS) is 16.4. The number of aromatic amines is 1. The van der Waals surface area contributed by atoms with E-state index >= 15 is 4.39 Å². The minimum absolute atomic E-state index is 0.0402. The zero-order valence-electron chi connectivity index (χ0n) is 21.9. The second-order valence-corrected chi connectivity index (χ2v) is 12.0. The number of H-pyrrole nitrogens is 1. The number of nitrogens with one attached hydrogen (secondary N) is 3. The number of hydrogen-bond donors (Lipinski definition) is 3. The first-order chi connectivity index (χ1) is 18.8. The van der Waals surface area contributed by atoms with Crippen molar-refractivity contribution in [2.24, 2.45) is 0 Å². The van der Waals surface area contributed by atoms with E-state index in [1.54, 1.807) is 18.3 Å². The quantitative estimate of drug-likeness (QED) is 0.299. The Hall–Kier alpha value is -3.90. The highest BCUT2D eigenvalue weighted by molar-refractivity contribution is 7.92. The maximum absolute atomic E-state index is 15.1. The molecule has 1 saturated carbocycles. The van der Waals surface area contributed by atoms with Gasteiger partial charge < -0.3 is 25.4 Å². The Morgan fingerprint density at radius 1 is 1.03 bits per heavy atom. The molecule has 2 fully saturated rings. The fourth-order valence-electron chi connectivity index (χ4n) is 4.96. The van der Waals surface area contributed by atoms with Crippen LogP contribution in [0, 0.1) is 5.82 Å². The molecular formula is C27H31FN8O2S. The van der Waals surface area contributed by atoms with Crippen LogP contribution in [0.15, 0.2) is 54.7 Å². The molecule has 3 heterocycles. The first kappa shape index (κ1) is 25.4. The Bertz CT molecular complexity index is 1610. The summed E-state index contributed by atoms with van der Waals surface area (Å²) < 4.78 is 41.8. The third kappa shape index (κ3) is 5.34. The summed E-state index contributed by atoms with van der Waals surface area (Å²) in [5.74, 6) is 0.465. The van der Waals surface area contributed by atoms with Crippen LogP contribution in [0.1, 0.15) is 12.8 Å². The van der Waals surface area contributed by atoms with Gasteiger partial charge in [-0.25, -0.2) is 12.8 Å². The second kappa shape index (κ2) is 10.0. The molecule has 0 spiro atoms. The summed E-state index contributed by atoms with van der Waals surface area (Å²) in [6, 6.07) is 14.2. The topological polar surface area (TPSA) is 109 Å². The van der Waals surface area contributed by atoms with Gasteiger partial charge in [-0.15, -0.1) is 0 Å². The molecule has 1 aliphatic carbocycles. The lowest BCUT2D eigenvalue weighted by atomic mass is 10.2. The van der Waals surface area contributed by atoms with Crippen LogP contribution >= 0.6 is 0 Å². The third-order valence-corrected chi connectivity index (χ3v) is 8.30. The summed E-state index contributed by atoms with van der Waals surface area (Å²) in [6.07, 6.45) is 4.65. The Labute approximate surface area is 226 Å². The van der Waals surface area contributed by atoms with Gasteiger partial charge in [-0.3, -0.25) is 4.31 Å². The summed E-state index contributed by atoms with van der Waals surface area (Å²) in [6.45, 7) is 3.34. The largest absolute Gasteiger partial charge is 0.367 e. The molecule has 0 amide bonds. The first-order valence-electron chi connectivity index (χ1n) is 13.0. The van der Waals surface area contributed by atoms with Crippen LogP contribution in [0.2, 0.25) is 0 Å². The van der Waals surface area contributed by atoms with Crippen LogP contribution in [-0.4, -0.2) is 73.8 Å². The Balaban J connectivity index is 1.29. The molecule has 0 bridgehead atoms. The number of rotatable bonds is 8. The van der Waals surface area contributed by atoms with E-state index in [1.165, 1.54) is 16.6 Å². The van der Waals surface area contributed by atoms with E-state index in [1.807, 2.05) is 30.3 Å². The lowest BCUT2D eigenvalue weighted by Crippen LogP contribution is -2.44. The van der Waals surface area contributed by atoms with Crippen molar-refractivity contribution >= 4 is 55.6 Å². The molecule has 39 heavy (non-hydrogen) atoms. The van der Waals surface area contributed by atoms with E-state index in [-0.39, 0.29) is 17.8 Å². The number of fused-ring (bicyclic) bond motifs is 1. The first-order valence-corrected chi connectivity index (χ1v) is 14.8. The number of likely N-dealkylation sites (N-methyl/N-ethyl adjacent to an activating group) is 1. The molecular weight excluding hydrogens is 519 g/mol. The van der Waals surface area contributed by atoms with E-state index in [4.69, 9.17) is 0 Å². The third-order valence-electron chi connectivity index (χ3n) is 7.09. The summed E-state index contributed by atoms with van der Waals surface area (Å²) >= 11 is 0. The maximum atomic E-state index is 15.1. The number of aromatic nitrogens is 3. The molecule has 10 nitrogen and oxygen atoms in total. The van der Waals surface area contributed by atoms with Gasteiger partial charge in [0.25, 0.3) is 0 Å². The van der Waals surface area contributed by atoms with Gasteiger partial charge in [0, 0.05) is 44.1 Å². The van der Waals surface area contributed by atoms with Gasteiger partial charge >= 0.3 is 0 Å². The average Bonchev–Trinajstić information content (AvgIpc) is 3.60. The predicted octanol–water partition coefficient (Wildman–Crippen LogP) is 4.26. The summed E-state index contributed by atoms with van der Waals surface area (Å²) in [5.41, 5.74) is 2.88. The molecule has 3 N–H and O–H groups in total. The van der Waals surface area contributed by atoms with E-state index in [0.29, 0.717) is 34.2 Å². The summed E-state index contributed by atoms with van der Waals surface area (Å²) in [5, 5.41) is 7.19. The van der Waals surface area contributed by atoms with Crippen molar-refractivity contribution in [1.82, 2.24) is 19.9 Å². The van der Waals surface area contributed by atoms with Crippen molar-refractivity contribution in [2.75, 3.05) is 59.3 Å². The molecule has 0 unspecified atom stereocenters. The number of nitrogens with zero attached hydrogens (tertiary/aromatic N) is 5. The van der Waals surface area contributed by atoms with Crippen molar-refractivity contribution in [3.8, 4) is 0 Å². The van der Waals surface area contributed by atoms with Crippen molar-refractivity contribution < 1.29 is 12.8 Å².